The van der Waals surface area contributed by atoms with Crippen LogP contribution in [-0.2, 0) is 9.47 Å². The Labute approximate surface area is 368 Å². The van der Waals surface area contributed by atoms with Crippen molar-refractivity contribution in [3.63, 3.8) is 0 Å². The van der Waals surface area contributed by atoms with E-state index in [1.54, 1.807) is 29.7 Å². The zero-order chi connectivity index (χ0) is 46.3. The molecule has 7 heterocycles. The summed E-state index contributed by atoms with van der Waals surface area (Å²) in [5, 5.41) is 29.8. The van der Waals surface area contributed by atoms with Gasteiger partial charge >= 0.3 is 0 Å². The zero-order valence-electron chi connectivity index (χ0n) is 35.3. The highest BCUT2D eigenvalue weighted by Gasteiger charge is 2.34. The van der Waals surface area contributed by atoms with Crippen LogP contribution in [0.2, 0.25) is 5.28 Å². The number of aryl methyl sites for hydroxylation is 1. The summed E-state index contributed by atoms with van der Waals surface area (Å²) in [5.41, 5.74) is -1.44. The van der Waals surface area contributed by atoms with Crippen molar-refractivity contribution in [3.8, 4) is 11.8 Å². The van der Waals surface area contributed by atoms with Crippen LogP contribution >= 0.6 is 11.6 Å². The maximum atomic E-state index is 15.6. The van der Waals surface area contributed by atoms with Crippen molar-refractivity contribution in [1.82, 2.24) is 40.1 Å². The molecule has 0 radical (unpaired) electrons. The lowest BCUT2D eigenvalue weighted by Crippen LogP contribution is -2.43. The summed E-state index contributed by atoms with van der Waals surface area (Å²) in [6.07, 6.45) is 0.882. The van der Waals surface area contributed by atoms with Crippen LogP contribution in [0.1, 0.15) is 68.8 Å². The quantitative estimate of drug-likeness (QED) is 0.0719. The van der Waals surface area contributed by atoms with Gasteiger partial charge in [-0.25, -0.2) is 17.6 Å². The van der Waals surface area contributed by atoms with Gasteiger partial charge in [-0.2, -0.15) is 33.8 Å². The van der Waals surface area contributed by atoms with E-state index in [1.807, 2.05) is 6.92 Å². The van der Waals surface area contributed by atoms with Gasteiger partial charge in [0.1, 0.15) is 23.0 Å². The van der Waals surface area contributed by atoms with Crippen molar-refractivity contribution >= 4 is 35.0 Å². The zero-order valence-corrected chi connectivity index (χ0v) is 36.1. The molecule has 24 heteroatoms. The third-order valence-electron chi connectivity index (χ3n) is 10.2. The summed E-state index contributed by atoms with van der Waals surface area (Å²) >= 11 is 5.94. The molecule has 5 aromatic heterocycles. The summed E-state index contributed by atoms with van der Waals surface area (Å²) in [5.74, 6) is -6.16. The highest BCUT2D eigenvalue weighted by molar-refractivity contribution is 6.28. The molecule has 0 aromatic carbocycles. The molecule has 346 valence electrons. The molecule has 64 heavy (non-hydrogen) atoms. The normalized spacial score (nSPS) is 16.7. The van der Waals surface area contributed by atoms with Gasteiger partial charge in [0, 0.05) is 64.3 Å². The van der Waals surface area contributed by atoms with Gasteiger partial charge in [0.15, 0.2) is 41.3 Å². The van der Waals surface area contributed by atoms with Crippen molar-refractivity contribution < 1.29 is 55.5 Å². The van der Waals surface area contributed by atoms with E-state index < -0.39 is 70.1 Å². The number of ether oxygens (including phenoxy) is 4. The maximum Gasteiger partial charge on any atom is 0.258 e. The van der Waals surface area contributed by atoms with Crippen LogP contribution in [0.15, 0.2) is 30.6 Å². The number of aromatic nitrogens is 8. The smallest absolute Gasteiger partial charge is 0.258 e. The van der Waals surface area contributed by atoms with Crippen LogP contribution in [0.4, 0.5) is 49.7 Å². The molecular weight excluding hydrogens is 880 g/mol. The predicted molar refractivity (Wildman–Crippen MR) is 219 cm³/mol. The highest BCUT2D eigenvalue weighted by atomic mass is 35.5. The molecule has 2 fully saturated rings. The number of halogens is 7. The number of aliphatic hydroxyl groups is 2. The van der Waals surface area contributed by atoms with Gasteiger partial charge in [-0.1, -0.05) is 0 Å². The van der Waals surface area contributed by atoms with Crippen molar-refractivity contribution in [2.75, 3.05) is 68.7 Å². The molecule has 4 N–H and O–H groups in total. The van der Waals surface area contributed by atoms with Crippen LogP contribution in [0.25, 0.3) is 0 Å². The van der Waals surface area contributed by atoms with Crippen LogP contribution < -0.4 is 24.6 Å². The number of hydrogen-bond acceptors (Lipinski definition) is 16. The summed E-state index contributed by atoms with van der Waals surface area (Å²) in [6, 6.07) is 3.00. The lowest BCUT2D eigenvalue weighted by Gasteiger charge is -2.36. The first kappa shape index (κ1) is 47.8. The summed E-state index contributed by atoms with van der Waals surface area (Å²) in [4.78, 5) is 26.8. The molecule has 2 saturated heterocycles. The summed E-state index contributed by atoms with van der Waals surface area (Å²) in [7, 11) is 2.69. The molecule has 2 unspecified atom stereocenters. The standard InChI is InChI=1S/C22H26F3N7O3.C18H20ClF3N4O3/c1-12-8-16(31-30-12)27-21-28-19(32-6-4-22(2,33)5-7-32)17(25)20(29-21)35-15(11-34-3)18-14(24)9-13(23)10-26-18;1-18(27)3-5-26(6-4-18)15-13(22)16(25-17(19)24-15)29-12(9-28-2)14-11(21)7-10(20)8-23-14/h8-10,15,33H,4-7,11H2,1-3H3,(H2,27,28,29,30,31);7-8,12,27H,3-6,9H2,1-2H3. The fourth-order valence-corrected chi connectivity index (χ4v) is 6.82. The van der Waals surface area contributed by atoms with Crippen molar-refractivity contribution in [2.45, 2.75) is 69.9 Å². The molecular formula is C40H46ClF6N11O6. The average molecular weight is 926 g/mol. The van der Waals surface area contributed by atoms with E-state index in [1.165, 1.54) is 14.2 Å². The van der Waals surface area contributed by atoms with Gasteiger partial charge in [-0.15, -0.1) is 0 Å². The van der Waals surface area contributed by atoms with Crippen molar-refractivity contribution in [1.29, 1.82) is 0 Å². The number of H-pyrrole nitrogens is 1. The van der Waals surface area contributed by atoms with Crippen molar-refractivity contribution in [3.05, 3.63) is 87.9 Å². The molecule has 5 aromatic rings. The Kier molecular flexibility index (Phi) is 15.3. The van der Waals surface area contributed by atoms with Gasteiger partial charge in [-0.05, 0) is 58.1 Å². The second kappa shape index (κ2) is 20.5. The lowest BCUT2D eigenvalue weighted by molar-refractivity contribution is 0.0343. The molecule has 0 saturated carbocycles. The molecule has 2 atom stereocenters. The van der Waals surface area contributed by atoms with Gasteiger partial charge in [-0.3, -0.25) is 15.1 Å². The minimum atomic E-state index is -1.22. The number of hydrogen-bond donors (Lipinski definition) is 4. The number of nitrogens with zero attached hydrogens (tertiary/aromatic N) is 9. The Hall–Kier alpha value is -5.62. The largest absolute Gasteiger partial charge is 0.463 e. The molecule has 7 rings (SSSR count). The first-order chi connectivity index (χ1) is 30.3. The Bertz CT molecular complexity index is 2380. The Morgan fingerprint density at radius 1 is 0.719 bits per heavy atom. The first-order valence-corrected chi connectivity index (χ1v) is 20.2. The summed E-state index contributed by atoms with van der Waals surface area (Å²) < 4.78 is 107. The van der Waals surface area contributed by atoms with Gasteiger partial charge < -0.3 is 44.3 Å². The number of pyridine rings is 2. The second-order valence-corrected chi connectivity index (χ2v) is 16.0. The molecule has 0 aliphatic carbocycles. The van der Waals surface area contributed by atoms with E-state index in [-0.39, 0.29) is 47.5 Å². The number of anilines is 4. The number of piperidine rings is 2. The maximum absolute atomic E-state index is 15.6. The van der Waals surface area contributed by atoms with E-state index in [0.717, 1.165) is 18.1 Å². The number of methoxy groups -OCH3 is 2. The van der Waals surface area contributed by atoms with E-state index in [4.69, 9.17) is 30.5 Å². The number of nitrogens with one attached hydrogen (secondary N) is 2. The van der Waals surface area contributed by atoms with Gasteiger partial charge in [0.25, 0.3) is 11.8 Å². The fourth-order valence-electron chi connectivity index (χ4n) is 6.67. The highest BCUT2D eigenvalue weighted by Crippen LogP contribution is 2.35. The minimum absolute atomic E-state index is 0.0102. The topological polar surface area (TPSA) is 202 Å². The third-order valence-corrected chi connectivity index (χ3v) is 10.4. The molecule has 0 amide bonds. The SMILES string of the molecule is COCC(Oc1nc(Cl)nc(N2CCC(C)(O)CC2)c1F)c1ncc(F)cc1F.COCC(Oc1nc(Nc2cc(C)[nH]n2)nc(N2CCC(C)(O)CC2)c1F)c1ncc(F)cc1F. The monoisotopic (exact) mass is 925 g/mol. The number of aromatic amines is 1. The molecule has 17 nitrogen and oxygen atoms in total. The third kappa shape index (κ3) is 12.1. The van der Waals surface area contributed by atoms with Crippen LogP contribution in [0.5, 0.6) is 11.8 Å². The summed E-state index contributed by atoms with van der Waals surface area (Å²) in [6.45, 7) is 6.24. The Morgan fingerprint density at radius 2 is 1.17 bits per heavy atom. The number of rotatable bonds is 14. The second-order valence-electron chi connectivity index (χ2n) is 15.6. The van der Waals surface area contributed by atoms with E-state index in [9.17, 15) is 27.8 Å². The Balaban J connectivity index is 0.000000216. The Morgan fingerprint density at radius 3 is 1.59 bits per heavy atom. The molecule has 2 aliphatic heterocycles. The predicted octanol–water partition coefficient (Wildman–Crippen LogP) is 6.24. The van der Waals surface area contributed by atoms with Gasteiger partial charge in [0.05, 0.1) is 36.8 Å². The minimum Gasteiger partial charge on any atom is -0.463 e. The fraction of sp³-hybridized carbons (Fsp3) is 0.475. The first-order valence-electron chi connectivity index (χ1n) is 19.8. The van der Waals surface area contributed by atoms with Crippen LogP contribution in [0, 0.1) is 41.8 Å². The van der Waals surface area contributed by atoms with Crippen LogP contribution in [-0.4, -0.2) is 115 Å². The van der Waals surface area contributed by atoms with Crippen molar-refractivity contribution in [2.24, 2.45) is 0 Å². The lowest BCUT2D eigenvalue weighted by atomic mass is 9.94. The van der Waals surface area contributed by atoms with E-state index >= 15 is 8.78 Å². The van der Waals surface area contributed by atoms with Gasteiger partial charge in [0.2, 0.25) is 22.9 Å². The molecule has 0 spiro atoms. The van der Waals surface area contributed by atoms with E-state index in [2.05, 4.69) is 45.4 Å². The molecule has 0 bridgehead atoms. The van der Waals surface area contributed by atoms with E-state index in [0.29, 0.717) is 69.8 Å². The molecule has 2 aliphatic rings. The van der Waals surface area contributed by atoms with Crippen LogP contribution in [0.3, 0.4) is 0 Å². The average Bonchev–Trinajstić information content (AvgIpc) is 3.64.